The van der Waals surface area contributed by atoms with Crippen molar-refractivity contribution in [3.63, 3.8) is 0 Å². The van der Waals surface area contributed by atoms with Crippen LogP contribution in [0.25, 0.3) is 0 Å². The molecule has 29 heavy (non-hydrogen) atoms. The molecule has 2 aromatic rings. The minimum absolute atomic E-state index is 0.0220. The molecule has 1 aliphatic carbocycles. The Bertz CT molecular complexity index is 996. The number of hydrogen-bond acceptors (Lipinski definition) is 3. The van der Waals surface area contributed by atoms with E-state index in [1.165, 1.54) is 16.1 Å². The van der Waals surface area contributed by atoms with Crippen LogP contribution in [0.3, 0.4) is 0 Å². The molecule has 0 N–H and O–H groups in total. The molecule has 2 aliphatic rings. The summed E-state index contributed by atoms with van der Waals surface area (Å²) < 4.78 is 25.2. The molecule has 0 radical (unpaired) electrons. The first-order valence-corrected chi connectivity index (χ1v) is 12.1. The summed E-state index contributed by atoms with van der Waals surface area (Å²) in [6.07, 6.45) is 6.08. The number of rotatable bonds is 4. The number of nitrogens with zero attached hydrogens (tertiary/aromatic N) is 2. The predicted molar refractivity (Wildman–Crippen MR) is 116 cm³/mol. The van der Waals surface area contributed by atoms with Crippen molar-refractivity contribution in [2.75, 3.05) is 24.2 Å². The molecule has 0 unspecified atom stereocenters. The van der Waals surface area contributed by atoms with Gasteiger partial charge in [0, 0.05) is 25.2 Å². The third-order valence-electron chi connectivity index (χ3n) is 6.42. The SMILES string of the molecule is CN(C(=O)c1ccc2c(c1)CCN2S(C)(=O)=O)C1CCC(c2ccccc2)CC1. The second-order valence-electron chi connectivity index (χ2n) is 8.26. The molecule has 0 bridgehead atoms. The fraction of sp³-hybridized carbons (Fsp3) is 0.435. The van der Waals surface area contributed by atoms with Gasteiger partial charge >= 0.3 is 0 Å². The Morgan fingerprint density at radius 2 is 1.72 bits per heavy atom. The molecule has 6 heteroatoms. The maximum atomic E-state index is 13.1. The first-order chi connectivity index (χ1) is 13.8. The van der Waals surface area contributed by atoms with E-state index in [9.17, 15) is 13.2 Å². The fourth-order valence-corrected chi connectivity index (χ4v) is 5.70. The number of sulfonamides is 1. The van der Waals surface area contributed by atoms with Crippen LogP contribution in [-0.4, -0.2) is 45.1 Å². The Balaban J connectivity index is 1.43. The van der Waals surface area contributed by atoms with Crippen LogP contribution in [0.1, 0.15) is 53.1 Å². The largest absolute Gasteiger partial charge is 0.339 e. The maximum absolute atomic E-state index is 13.1. The maximum Gasteiger partial charge on any atom is 0.253 e. The summed E-state index contributed by atoms with van der Waals surface area (Å²) in [6.45, 7) is 0.450. The van der Waals surface area contributed by atoms with E-state index >= 15 is 0 Å². The number of hydrogen-bond donors (Lipinski definition) is 0. The van der Waals surface area contributed by atoms with Crippen LogP contribution in [0, 0.1) is 0 Å². The van der Waals surface area contributed by atoms with Gasteiger partial charge in [0.2, 0.25) is 10.0 Å². The highest BCUT2D eigenvalue weighted by Crippen LogP contribution is 2.35. The Morgan fingerprint density at radius 3 is 2.38 bits per heavy atom. The zero-order chi connectivity index (χ0) is 20.6. The summed E-state index contributed by atoms with van der Waals surface area (Å²) >= 11 is 0. The van der Waals surface area contributed by atoms with E-state index in [0.29, 0.717) is 30.1 Å². The Morgan fingerprint density at radius 1 is 1.03 bits per heavy atom. The second kappa shape index (κ2) is 7.82. The lowest BCUT2D eigenvalue weighted by Crippen LogP contribution is -2.39. The van der Waals surface area contributed by atoms with Crippen molar-refractivity contribution in [1.29, 1.82) is 0 Å². The van der Waals surface area contributed by atoms with Crippen LogP contribution < -0.4 is 4.31 Å². The highest BCUT2D eigenvalue weighted by atomic mass is 32.2. The summed E-state index contributed by atoms with van der Waals surface area (Å²) in [5.41, 5.74) is 3.68. The van der Waals surface area contributed by atoms with Gasteiger partial charge in [-0.25, -0.2) is 8.42 Å². The Hall–Kier alpha value is -2.34. The zero-order valence-corrected chi connectivity index (χ0v) is 17.9. The van der Waals surface area contributed by atoms with Crippen LogP contribution in [0.4, 0.5) is 5.69 Å². The molecule has 1 heterocycles. The van der Waals surface area contributed by atoms with Gasteiger partial charge in [0.05, 0.1) is 11.9 Å². The van der Waals surface area contributed by atoms with E-state index in [2.05, 4.69) is 24.3 Å². The van der Waals surface area contributed by atoms with E-state index in [1.54, 1.807) is 12.1 Å². The molecule has 1 saturated carbocycles. The molecule has 4 rings (SSSR count). The lowest BCUT2D eigenvalue weighted by molar-refractivity contribution is 0.0689. The molecule has 154 valence electrons. The van der Waals surface area contributed by atoms with Crippen LogP contribution >= 0.6 is 0 Å². The van der Waals surface area contributed by atoms with Crippen molar-refractivity contribution >= 4 is 21.6 Å². The number of carbonyl (C=O) groups is 1. The van der Waals surface area contributed by atoms with E-state index < -0.39 is 10.0 Å². The molecule has 1 aliphatic heterocycles. The minimum atomic E-state index is -3.27. The third-order valence-corrected chi connectivity index (χ3v) is 7.60. The molecule has 0 aromatic heterocycles. The molecule has 5 nitrogen and oxygen atoms in total. The van der Waals surface area contributed by atoms with Crippen molar-refractivity contribution in [3.05, 3.63) is 65.2 Å². The van der Waals surface area contributed by atoms with Crippen molar-refractivity contribution in [1.82, 2.24) is 4.90 Å². The average Bonchev–Trinajstić information content (AvgIpc) is 3.17. The van der Waals surface area contributed by atoms with Crippen molar-refractivity contribution in [3.8, 4) is 0 Å². The van der Waals surface area contributed by atoms with Gasteiger partial charge in [0.1, 0.15) is 0 Å². The van der Waals surface area contributed by atoms with Crippen molar-refractivity contribution < 1.29 is 13.2 Å². The number of carbonyl (C=O) groups excluding carboxylic acids is 1. The van der Waals surface area contributed by atoms with E-state index in [-0.39, 0.29) is 11.9 Å². The fourth-order valence-electron chi connectivity index (χ4n) is 4.74. The summed E-state index contributed by atoms with van der Waals surface area (Å²) in [6, 6.07) is 16.3. The number of amides is 1. The molecular weight excluding hydrogens is 384 g/mol. The quantitative estimate of drug-likeness (QED) is 0.767. The lowest BCUT2D eigenvalue weighted by atomic mass is 9.81. The van der Waals surface area contributed by atoms with Crippen LogP contribution in [0.2, 0.25) is 0 Å². The van der Waals surface area contributed by atoms with Gasteiger partial charge in [0.15, 0.2) is 0 Å². The first kappa shape index (κ1) is 20.0. The zero-order valence-electron chi connectivity index (χ0n) is 17.0. The molecule has 0 spiro atoms. The first-order valence-electron chi connectivity index (χ1n) is 10.3. The number of benzene rings is 2. The summed E-state index contributed by atoms with van der Waals surface area (Å²) in [5, 5.41) is 0. The molecule has 0 saturated heterocycles. The standard InChI is InChI=1S/C23H28N2O3S/c1-24(21-11-8-18(9-12-21)17-6-4-3-5-7-17)23(26)20-10-13-22-19(16-20)14-15-25(22)29(2,27)28/h3-7,10,13,16,18,21H,8-9,11-12,14-15H2,1-2H3. The molecule has 2 aromatic carbocycles. The highest BCUT2D eigenvalue weighted by molar-refractivity contribution is 7.92. The van der Waals surface area contributed by atoms with Gasteiger partial charge < -0.3 is 4.90 Å². The van der Waals surface area contributed by atoms with Crippen LogP contribution in [-0.2, 0) is 16.4 Å². The smallest absolute Gasteiger partial charge is 0.253 e. The monoisotopic (exact) mass is 412 g/mol. The topological polar surface area (TPSA) is 57.7 Å². The van der Waals surface area contributed by atoms with Gasteiger partial charge in [-0.2, -0.15) is 0 Å². The van der Waals surface area contributed by atoms with Gasteiger partial charge in [-0.15, -0.1) is 0 Å². The Labute approximate surface area is 173 Å². The average molecular weight is 413 g/mol. The van der Waals surface area contributed by atoms with Crippen molar-refractivity contribution in [2.24, 2.45) is 0 Å². The molecular formula is C23H28N2O3S. The molecule has 0 atom stereocenters. The Kier molecular flexibility index (Phi) is 5.38. The number of fused-ring (bicyclic) bond motifs is 1. The van der Waals surface area contributed by atoms with E-state index in [4.69, 9.17) is 0 Å². The molecule has 1 amide bonds. The summed E-state index contributed by atoms with van der Waals surface area (Å²) in [5.74, 6) is 0.603. The van der Waals surface area contributed by atoms with E-state index in [1.807, 2.05) is 24.1 Å². The third kappa shape index (κ3) is 4.04. The van der Waals surface area contributed by atoms with Gasteiger partial charge in [0.25, 0.3) is 5.91 Å². The number of anilines is 1. The lowest BCUT2D eigenvalue weighted by Gasteiger charge is -2.35. The normalized spacial score (nSPS) is 21.7. The van der Waals surface area contributed by atoms with Gasteiger partial charge in [-0.3, -0.25) is 9.10 Å². The predicted octanol–water partition coefficient (Wildman–Crippen LogP) is 3.81. The highest BCUT2D eigenvalue weighted by Gasteiger charge is 2.30. The summed E-state index contributed by atoms with van der Waals surface area (Å²) in [4.78, 5) is 14.9. The van der Waals surface area contributed by atoms with Gasteiger partial charge in [-0.05, 0) is 67.3 Å². The van der Waals surface area contributed by atoms with E-state index in [0.717, 1.165) is 31.2 Å². The second-order valence-corrected chi connectivity index (χ2v) is 10.2. The summed E-state index contributed by atoms with van der Waals surface area (Å²) in [7, 11) is -1.38. The van der Waals surface area contributed by atoms with Crippen LogP contribution in [0.5, 0.6) is 0 Å². The minimum Gasteiger partial charge on any atom is -0.339 e. The van der Waals surface area contributed by atoms with Crippen molar-refractivity contribution in [2.45, 2.75) is 44.1 Å². The van der Waals surface area contributed by atoms with Crippen LogP contribution in [0.15, 0.2) is 48.5 Å². The van der Waals surface area contributed by atoms with Gasteiger partial charge in [-0.1, -0.05) is 30.3 Å². The molecule has 1 fully saturated rings.